The summed E-state index contributed by atoms with van der Waals surface area (Å²) in [5.74, 6) is 0.191. The van der Waals surface area contributed by atoms with Crippen molar-refractivity contribution in [1.29, 1.82) is 0 Å². The van der Waals surface area contributed by atoms with E-state index >= 15 is 0 Å². The fraction of sp³-hybridized carbons (Fsp3) is 0.421. The average Bonchev–Trinajstić information content (AvgIpc) is 3.17. The standard InChI is InChI=1S/C19H25N5O3S/c1-14-20-13-16(19(25)21-12-15-8-5-4-6-9-15)18(22-14)17-10-7-11-24(17)28(26,27)23(2)3/h4-6,8-9,13,17H,7,10-12H2,1-3H3,(H,21,25)/t17-/m1/s1. The molecule has 28 heavy (non-hydrogen) atoms. The minimum atomic E-state index is -3.61. The number of rotatable bonds is 6. The Morgan fingerprint density at radius 1 is 1.29 bits per heavy atom. The van der Waals surface area contributed by atoms with Gasteiger partial charge in [-0.05, 0) is 25.3 Å². The maximum absolute atomic E-state index is 12.8. The molecule has 1 aromatic heterocycles. The van der Waals surface area contributed by atoms with Gasteiger partial charge in [0.2, 0.25) is 0 Å². The quantitative estimate of drug-likeness (QED) is 0.791. The maximum Gasteiger partial charge on any atom is 0.282 e. The highest BCUT2D eigenvalue weighted by Crippen LogP contribution is 2.35. The molecule has 1 aromatic carbocycles. The van der Waals surface area contributed by atoms with Crippen LogP contribution in [0.25, 0.3) is 0 Å². The Balaban J connectivity index is 1.89. The molecule has 1 saturated heterocycles. The lowest BCUT2D eigenvalue weighted by molar-refractivity contribution is 0.0947. The highest BCUT2D eigenvalue weighted by atomic mass is 32.2. The van der Waals surface area contributed by atoms with Gasteiger partial charge in [0.25, 0.3) is 16.1 Å². The molecule has 1 atom stereocenters. The molecule has 0 aliphatic carbocycles. The number of nitrogens with one attached hydrogen (secondary N) is 1. The van der Waals surface area contributed by atoms with Crippen LogP contribution in [-0.4, -0.2) is 53.5 Å². The minimum Gasteiger partial charge on any atom is -0.348 e. The van der Waals surface area contributed by atoms with Crippen LogP contribution in [0.4, 0.5) is 0 Å². The Bertz CT molecular complexity index is 947. The molecule has 1 aliphatic rings. The molecule has 0 saturated carbocycles. The van der Waals surface area contributed by atoms with Crippen molar-refractivity contribution < 1.29 is 13.2 Å². The predicted molar refractivity (Wildman–Crippen MR) is 106 cm³/mol. The van der Waals surface area contributed by atoms with Crippen LogP contribution < -0.4 is 5.32 Å². The van der Waals surface area contributed by atoms with Gasteiger partial charge in [-0.1, -0.05) is 30.3 Å². The van der Waals surface area contributed by atoms with E-state index in [2.05, 4.69) is 15.3 Å². The van der Waals surface area contributed by atoms with Crippen molar-refractivity contribution >= 4 is 16.1 Å². The Labute approximate surface area is 165 Å². The summed E-state index contributed by atoms with van der Waals surface area (Å²) >= 11 is 0. The first-order valence-electron chi connectivity index (χ1n) is 9.15. The second-order valence-electron chi connectivity index (χ2n) is 6.94. The van der Waals surface area contributed by atoms with Gasteiger partial charge < -0.3 is 5.32 Å². The number of hydrogen-bond donors (Lipinski definition) is 1. The van der Waals surface area contributed by atoms with E-state index in [1.165, 1.54) is 28.9 Å². The van der Waals surface area contributed by atoms with Gasteiger partial charge in [0.05, 0.1) is 17.3 Å². The number of carbonyl (C=O) groups excluding carboxylic acids is 1. The van der Waals surface area contributed by atoms with E-state index in [9.17, 15) is 13.2 Å². The third-order valence-corrected chi connectivity index (χ3v) is 6.71. The first-order chi connectivity index (χ1) is 13.3. The van der Waals surface area contributed by atoms with Crippen LogP contribution in [0.5, 0.6) is 0 Å². The summed E-state index contributed by atoms with van der Waals surface area (Å²) in [5.41, 5.74) is 1.75. The molecular weight excluding hydrogens is 378 g/mol. The zero-order valence-corrected chi connectivity index (χ0v) is 17.1. The van der Waals surface area contributed by atoms with Gasteiger partial charge in [0, 0.05) is 33.4 Å². The molecule has 9 heteroatoms. The summed E-state index contributed by atoms with van der Waals surface area (Å²) in [6.07, 6.45) is 2.81. The van der Waals surface area contributed by atoms with E-state index in [1.54, 1.807) is 6.92 Å². The SMILES string of the molecule is Cc1ncc(C(=O)NCc2ccccc2)c([C@H]2CCCN2S(=O)(=O)N(C)C)n1. The third kappa shape index (κ3) is 4.21. The van der Waals surface area contributed by atoms with Crippen molar-refractivity contribution in [1.82, 2.24) is 23.9 Å². The Morgan fingerprint density at radius 3 is 2.68 bits per heavy atom. The largest absolute Gasteiger partial charge is 0.348 e. The van der Waals surface area contributed by atoms with E-state index < -0.39 is 16.3 Å². The molecule has 1 aliphatic heterocycles. The van der Waals surface area contributed by atoms with E-state index in [0.29, 0.717) is 43.0 Å². The minimum absolute atomic E-state index is 0.312. The van der Waals surface area contributed by atoms with E-state index in [1.807, 2.05) is 30.3 Å². The van der Waals surface area contributed by atoms with Crippen molar-refractivity contribution in [2.24, 2.45) is 0 Å². The van der Waals surface area contributed by atoms with Gasteiger partial charge >= 0.3 is 0 Å². The lowest BCUT2D eigenvalue weighted by atomic mass is 10.1. The number of amides is 1. The fourth-order valence-corrected chi connectivity index (χ4v) is 4.60. The molecule has 2 aromatic rings. The molecule has 150 valence electrons. The van der Waals surface area contributed by atoms with E-state index in [4.69, 9.17) is 0 Å². The van der Waals surface area contributed by atoms with Crippen molar-refractivity contribution in [3.05, 3.63) is 59.2 Å². The molecule has 1 amide bonds. The predicted octanol–water partition coefficient (Wildman–Crippen LogP) is 1.66. The number of aromatic nitrogens is 2. The molecule has 2 heterocycles. The molecule has 0 unspecified atom stereocenters. The Hall–Kier alpha value is -2.36. The van der Waals surface area contributed by atoms with Gasteiger partial charge in [0.1, 0.15) is 5.82 Å². The van der Waals surface area contributed by atoms with E-state index in [-0.39, 0.29) is 5.91 Å². The zero-order chi connectivity index (χ0) is 20.3. The van der Waals surface area contributed by atoms with Crippen LogP contribution in [0.1, 0.15) is 46.3 Å². The lowest BCUT2D eigenvalue weighted by Gasteiger charge is -2.27. The summed E-state index contributed by atoms with van der Waals surface area (Å²) in [6, 6.07) is 9.10. The summed E-state index contributed by atoms with van der Waals surface area (Å²) in [6.45, 7) is 2.51. The van der Waals surface area contributed by atoms with Crippen LogP contribution in [0.2, 0.25) is 0 Å². The first-order valence-corrected chi connectivity index (χ1v) is 10.6. The van der Waals surface area contributed by atoms with Gasteiger partial charge in [-0.15, -0.1) is 0 Å². The molecule has 1 fully saturated rings. The molecular formula is C19H25N5O3S. The van der Waals surface area contributed by atoms with Crippen molar-refractivity contribution in [3.63, 3.8) is 0 Å². The molecule has 3 rings (SSSR count). The monoisotopic (exact) mass is 403 g/mol. The Morgan fingerprint density at radius 2 is 2.00 bits per heavy atom. The molecule has 1 N–H and O–H groups in total. The Kier molecular flexibility index (Phi) is 6.07. The summed E-state index contributed by atoms with van der Waals surface area (Å²) in [5, 5.41) is 2.88. The first kappa shape index (κ1) is 20.4. The number of aryl methyl sites for hydroxylation is 1. The van der Waals surface area contributed by atoms with Crippen LogP contribution in [-0.2, 0) is 16.8 Å². The van der Waals surface area contributed by atoms with Gasteiger partial charge in [0.15, 0.2) is 0 Å². The fourth-order valence-electron chi connectivity index (χ4n) is 3.29. The second kappa shape index (κ2) is 8.34. The maximum atomic E-state index is 12.8. The van der Waals surface area contributed by atoms with Gasteiger partial charge in [-0.25, -0.2) is 9.97 Å². The molecule has 0 radical (unpaired) electrons. The van der Waals surface area contributed by atoms with Crippen molar-refractivity contribution in [2.45, 2.75) is 32.4 Å². The van der Waals surface area contributed by atoms with Crippen LogP contribution in [0.15, 0.2) is 36.5 Å². The number of nitrogens with zero attached hydrogens (tertiary/aromatic N) is 4. The smallest absolute Gasteiger partial charge is 0.282 e. The summed E-state index contributed by atoms with van der Waals surface area (Å²) in [7, 11) is -0.603. The molecule has 8 nitrogen and oxygen atoms in total. The van der Waals surface area contributed by atoms with E-state index in [0.717, 1.165) is 5.56 Å². The normalized spacial score (nSPS) is 17.8. The number of carbonyl (C=O) groups is 1. The third-order valence-electron chi connectivity index (χ3n) is 4.76. The summed E-state index contributed by atoms with van der Waals surface area (Å²) < 4.78 is 28.0. The van der Waals surface area contributed by atoms with Gasteiger partial charge in [-0.3, -0.25) is 4.79 Å². The van der Waals surface area contributed by atoms with Gasteiger partial charge in [-0.2, -0.15) is 17.0 Å². The van der Waals surface area contributed by atoms with Crippen LogP contribution in [0, 0.1) is 6.92 Å². The van der Waals surface area contributed by atoms with Crippen molar-refractivity contribution in [3.8, 4) is 0 Å². The number of benzene rings is 1. The molecule has 0 bridgehead atoms. The lowest BCUT2D eigenvalue weighted by Crippen LogP contribution is -2.40. The highest BCUT2D eigenvalue weighted by molar-refractivity contribution is 7.86. The topological polar surface area (TPSA) is 95.5 Å². The van der Waals surface area contributed by atoms with Crippen molar-refractivity contribution in [2.75, 3.05) is 20.6 Å². The average molecular weight is 404 g/mol. The van der Waals surface area contributed by atoms with Crippen LogP contribution in [0.3, 0.4) is 0 Å². The zero-order valence-electron chi connectivity index (χ0n) is 16.3. The highest BCUT2D eigenvalue weighted by Gasteiger charge is 2.39. The number of hydrogen-bond acceptors (Lipinski definition) is 5. The second-order valence-corrected chi connectivity index (χ2v) is 9.04. The molecule has 0 spiro atoms. The van der Waals surface area contributed by atoms with Crippen LogP contribution >= 0.6 is 0 Å². The summed E-state index contributed by atoms with van der Waals surface area (Å²) in [4.78, 5) is 21.4.